The molecule has 0 fully saturated rings. The molecule has 0 aromatic heterocycles. The van der Waals surface area contributed by atoms with Crippen molar-refractivity contribution in [1.29, 1.82) is 0 Å². The largest absolute Gasteiger partial charge is 0.508 e. The molecule has 0 aliphatic carbocycles. The van der Waals surface area contributed by atoms with Crippen LogP contribution in [0.5, 0.6) is 11.5 Å². The Morgan fingerprint density at radius 1 is 1.33 bits per heavy atom. The fourth-order valence-corrected chi connectivity index (χ4v) is 0.970. The van der Waals surface area contributed by atoms with Crippen LogP contribution in [0.15, 0.2) is 30.4 Å². The van der Waals surface area contributed by atoms with Crippen molar-refractivity contribution in [3.8, 4) is 11.5 Å². The molecule has 0 atom stereocenters. The molecule has 64 valence electrons. The van der Waals surface area contributed by atoms with E-state index in [0.717, 1.165) is 5.56 Å². The summed E-state index contributed by atoms with van der Waals surface area (Å²) in [6, 6.07) is 4.63. The van der Waals surface area contributed by atoms with E-state index < -0.39 is 0 Å². The Kier molecular flexibility index (Phi) is 2.75. The van der Waals surface area contributed by atoms with Gasteiger partial charge in [0.2, 0.25) is 0 Å². The van der Waals surface area contributed by atoms with Crippen molar-refractivity contribution in [2.24, 2.45) is 0 Å². The van der Waals surface area contributed by atoms with Gasteiger partial charge >= 0.3 is 0 Å². The predicted molar refractivity (Wildman–Crippen MR) is 48.3 cm³/mol. The van der Waals surface area contributed by atoms with Crippen molar-refractivity contribution in [2.45, 2.75) is 13.3 Å². The number of allylic oxidation sites excluding steroid dienone is 2. The highest BCUT2D eigenvalue weighted by Crippen LogP contribution is 2.22. The minimum absolute atomic E-state index is 0.0942. The molecule has 0 bridgehead atoms. The van der Waals surface area contributed by atoms with Crippen LogP contribution in [0, 0.1) is 0 Å². The highest BCUT2D eigenvalue weighted by molar-refractivity contribution is 5.39. The minimum atomic E-state index is 0.0942. The SMILES string of the molecule is C/C=C/Cc1ccc(O)cc1O. The van der Waals surface area contributed by atoms with E-state index >= 15 is 0 Å². The Balaban J connectivity index is 2.86. The van der Waals surface area contributed by atoms with Gasteiger partial charge in [0.05, 0.1) is 0 Å². The molecule has 12 heavy (non-hydrogen) atoms. The van der Waals surface area contributed by atoms with Crippen molar-refractivity contribution >= 4 is 0 Å². The molecule has 0 heterocycles. The van der Waals surface area contributed by atoms with Gasteiger partial charge in [0, 0.05) is 6.07 Å². The highest BCUT2D eigenvalue weighted by Gasteiger charge is 1.98. The summed E-state index contributed by atoms with van der Waals surface area (Å²) in [6.45, 7) is 1.93. The van der Waals surface area contributed by atoms with Gasteiger partial charge in [0.1, 0.15) is 11.5 Å². The molecule has 1 aromatic carbocycles. The molecule has 0 radical (unpaired) electrons. The first-order valence-electron chi connectivity index (χ1n) is 3.86. The lowest BCUT2D eigenvalue weighted by Crippen LogP contribution is -1.81. The maximum Gasteiger partial charge on any atom is 0.122 e. The molecule has 1 rings (SSSR count). The lowest BCUT2D eigenvalue weighted by atomic mass is 10.1. The van der Waals surface area contributed by atoms with E-state index in [2.05, 4.69) is 0 Å². The first-order chi connectivity index (χ1) is 5.74. The quantitative estimate of drug-likeness (QED) is 0.658. The van der Waals surface area contributed by atoms with Crippen LogP contribution in [0.25, 0.3) is 0 Å². The molecule has 0 saturated heterocycles. The first-order valence-corrected chi connectivity index (χ1v) is 3.86. The van der Waals surface area contributed by atoms with Crippen molar-refractivity contribution in [1.82, 2.24) is 0 Å². The molecule has 0 amide bonds. The van der Waals surface area contributed by atoms with Gasteiger partial charge in [-0.25, -0.2) is 0 Å². The normalized spacial score (nSPS) is 10.8. The molecule has 0 aliphatic heterocycles. The predicted octanol–water partition coefficient (Wildman–Crippen LogP) is 2.22. The van der Waals surface area contributed by atoms with Crippen LogP contribution in [0.2, 0.25) is 0 Å². The van der Waals surface area contributed by atoms with Crippen LogP contribution in [-0.2, 0) is 6.42 Å². The van der Waals surface area contributed by atoms with E-state index in [9.17, 15) is 5.11 Å². The third-order valence-corrected chi connectivity index (χ3v) is 1.64. The third-order valence-electron chi connectivity index (χ3n) is 1.64. The summed E-state index contributed by atoms with van der Waals surface area (Å²) < 4.78 is 0. The van der Waals surface area contributed by atoms with E-state index in [1.165, 1.54) is 6.07 Å². The van der Waals surface area contributed by atoms with Gasteiger partial charge < -0.3 is 10.2 Å². The van der Waals surface area contributed by atoms with E-state index in [1.807, 2.05) is 19.1 Å². The number of benzene rings is 1. The fraction of sp³-hybridized carbons (Fsp3) is 0.200. The zero-order valence-corrected chi connectivity index (χ0v) is 6.99. The number of hydrogen-bond donors (Lipinski definition) is 2. The second-order valence-electron chi connectivity index (χ2n) is 2.59. The number of phenols is 2. The van der Waals surface area contributed by atoms with Crippen molar-refractivity contribution in [2.75, 3.05) is 0 Å². The molecular formula is C10H12O2. The second-order valence-corrected chi connectivity index (χ2v) is 2.59. The van der Waals surface area contributed by atoms with Crippen LogP contribution in [-0.4, -0.2) is 10.2 Å². The van der Waals surface area contributed by atoms with Crippen LogP contribution >= 0.6 is 0 Å². The van der Waals surface area contributed by atoms with Gasteiger partial charge in [-0.1, -0.05) is 18.2 Å². The van der Waals surface area contributed by atoms with Crippen molar-refractivity contribution in [3.63, 3.8) is 0 Å². The zero-order valence-electron chi connectivity index (χ0n) is 6.99. The molecule has 2 N–H and O–H groups in total. The molecule has 2 nitrogen and oxygen atoms in total. The lowest BCUT2D eigenvalue weighted by molar-refractivity contribution is 0.447. The smallest absolute Gasteiger partial charge is 0.122 e. The standard InChI is InChI=1S/C10H12O2/c1-2-3-4-8-5-6-9(11)7-10(8)12/h2-3,5-7,11-12H,4H2,1H3/b3-2+. The van der Waals surface area contributed by atoms with Gasteiger partial charge in [-0.3, -0.25) is 0 Å². The van der Waals surface area contributed by atoms with Crippen molar-refractivity contribution in [3.05, 3.63) is 35.9 Å². The molecule has 0 spiro atoms. The number of rotatable bonds is 2. The maximum atomic E-state index is 9.32. The molecular weight excluding hydrogens is 152 g/mol. The average Bonchev–Trinajstić information content (AvgIpc) is 2.03. The topological polar surface area (TPSA) is 40.5 Å². The summed E-state index contributed by atoms with van der Waals surface area (Å²) >= 11 is 0. The summed E-state index contributed by atoms with van der Waals surface area (Å²) in [7, 11) is 0. The zero-order chi connectivity index (χ0) is 8.97. The Morgan fingerprint density at radius 3 is 2.67 bits per heavy atom. The van der Waals surface area contributed by atoms with Crippen LogP contribution in [0.1, 0.15) is 12.5 Å². The second kappa shape index (κ2) is 3.81. The molecule has 0 unspecified atom stereocenters. The van der Waals surface area contributed by atoms with Gasteiger partial charge in [0.15, 0.2) is 0 Å². The summed E-state index contributed by atoms with van der Waals surface area (Å²) in [6.07, 6.45) is 4.57. The summed E-state index contributed by atoms with van der Waals surface area (Å²) in [5.74, 6) is 0.241. The Bertz CT molecular complexity index is 290. The fourth-order valence-electron chi connectivity index (χ4n) is 0.970. The van der Waals surface area contributed by atoms with E-state index in [1.54, 1.807) is 12.1 Å². The molecule has 2 heteroatoms. The molecule has 1 aromatic rings. The number of aromatic hydroxyl groups is 2. The molecule has 0 aliphatic rings. The van der Waals surface area contributed by atoms with E-state index in [0.29, 0.717) is 6.42 Å². The molecule has 0 saturated carbocycles. The van der Waals surface area contributed by atoms with Gasteiger partial charge in [-0.05, 0) is 25.0 Å². The summed E-state index contributed by atoms with van der Waals surface area (Å²) in [5.41, 5.74) is 0.825. The Morgan fingerprint density at radius 2 is 2.08 bits per heavy atom. The van der Waals surface area contributed by atoms with Crippen molar-refractivity contribution < 1.29 is 10.2 Å². The average molecular weight is 164 g/mol. The lowest BCUT2D eigenvalue weighted by Gasteiger charge is -2.00. The Hall–Kier alpha value is -1.44. The first kappa shape index (κ1) is 8.65. The van der Waals surface area contributed by atoms with Gasteiger partial charge in [-0.15, -0.1) is 0 Å². The van der Waals surface area contributed by atoms with Crippen LogP contribution < -0.4 is 0 Å². The third kappa shape index (κ3) is 2.02. The summed E-state index contributed by atoms with van der Waals surface area (Å²) in [4.78, 5) is 0. The monoisotopic (exact) mass is 164 g/mol. The summed E-state index contributed by atoms with van der Waals surface area (Å²) in [5, 5.41) is 18.3. The Labute approximate surface area is 71.8 Å². The van der Waals surface area contributed by atoms with E-state index in [4.69, 9.17) is 5.11 Å². The van der Waals surface area contributed by atoms with Crippen LogP contribution in [0.3, 0.4) is 0 Å². The maximum absolute atomic E-state index is 9.32. The van der Waals surface area contributed by atoms with Gasteiger partial charge in [0.25, 0.3) is 0 Å². The van der Waals surface area contributed by atoms with Gasteiger partial charge in [-0.2, -0.15) is 0 Å². The number of phenolic OH excluding ortho intramolecular Hbond substituents is 2. The highest BCUT2D eigenvalue weighted by atomic mass is 16.3. The van der Waals surface area contributed by atoms with E-state index in [-0.39, 0.29) is 11.5 Å². The minimum Gasteiger partial charge on any atom is -0.508 e. The van der Waals surface area contributed by atoms with Crippen LogP contribution in [0.4, 0.5) is 0 Å². The number of hydrogen-bond acceptors (Lipinski definition) is 2.